The Kier molecular flexibility index (Phi) is 3.07. The molecule has 0 aromatic rings. The Balaban J connectivity index is 2.49. The van der Waals surface area contributed by atoms with E-state index in [0.29, 0.717) is 11.8 Å². The lowest BCUT2D eigenvalue weighted by atomic mass is 10.00. The molecule has 1 saturated heterocycles. The molecule has 1 aliphatic rings. The van der Waals surface area contributed by atoms with Crippen LogP contribution in [-0.4, -0.2) is 35.7 Å². The van der Waals surface area contributed by atoms with Crippen LogP contribution in [-0.2, 0) is 0 Å². The summed E-state index contributed by atoms with van der Waals surface area (Å²) in [5, 5.41) is 17.7. The molecule has 0 aromatic heterocycles. The zero-order valence-electron chi connectivity index (χ0n) is 7.70. The normalized spacial score (nSPS) is 33.2. The summed E-state index contributed by atoms with van der Waals surface area (Å²) in [6.07, 6.45) is 0. The van der Waals surface area contributed by atoms with Gasteiger partial charge in [-0.1, -0.05) is 6.92 Å². The van der Waals surface area contributed by atoms with Crippen molar-refractivity contribution in [1.29, 1.82) is 5.26 Å². The summed E-state index contributed by atoms with van der Waals surface area (Å²) in [5.41, 5.74) is 0. The van der Waals surface area contributed by atoms with Crippen molar-refractivity contribution in [2.24, 2.45) is 11.8 Å². The van der Waals surface area contributed by atoms with Crippen molar-refractivity contribution in [3.63, 3.8) is 0 Å². The fourth-order valence-electron chi connectivity index (χ4n) is 1.71. The minimum atomic E-state index is -0.0102. The standard InChI is InChI=1S/C9H16N2O/c1-7-4-11(8(2)3-10)5-9(7)6-12/h7-9,12H,4-6H2,1-2H3/t7-,8?,9+/m1/s1. The highest BCUT2D eigenvalue weighted by molar-refractivity contribution is 4.93. The van der Waals surface area contributed by atoms with Crippen LogP contribution in [0, 0.1) is 23.2 Å². The number of aliphatic hydroxyl groups is 1. The van der Waals surface area contributed by atoms with Crippen LogP contribution in [0.5, 0.6) is 0 Å². The molecule has 1 aliphatic heterocycles. The predicted octanol–water partition coefficient (Wildman–Crippen LogP) is 0.459. The Morgan fingerprint density at radius 3 is 2.75 bits per heavy atom. The lowest BCUT2D eigenvalue weighted by molar-refractivity contribution is 0.203. The molecule has 1 N–H and O–H groups in total. The summed E-state index contributed by atoms with van der Waals surface area (Å²) < 4.78 is 0. The van der Waals surface area contributed by atoms with Gasteiger partial charge in [-0.2, -0.15) is 5.26 Å². The average Bonchev–Trinajstić information content (AvgIpc) is 2.45. The fourth-order valence-corrected chi connectivity index (χ4v) is 1.71. The highest BCUT2D eigenvalue weighted by Crippen LogP contribution is 2.23. The second kappa shape index (κ2) is 3.88. The largest absolute Gasteiger partial charge is 0.396 e. The Hall–Kier alpha value is -0.590. The molecule has 0 saturated carbocycles. The van der Waals surface area contributed by atoms with Gasteiger partial charge >= 0.3 is 0 Å². The van der Waals surface area contributed by atoms with Gasteiger partial charge in [-0.05, 0) is 18.8 Å². The molecule has 3 nitrogen and oxygen atoms in total. The first-order valence-electron chi connectivity index (χ1n) is 4.43. The van der Waals surface area contributed by atoms with Gasteiger partial charge in [-0.15, -0.1) is 0 Å². The van der Waals surface area contributed by atoms with Gasteiger partial charge in [0.05, 0.1) is 12.1 Å². The molecule has 0 amide bonds. The highest BCUT2D eigenvalue weighted by atomic mass is 16.3. The summed E-state index contributed by atoms with van der Waals surface area (Å²) in [6.45, 7) is 6.10. The van der Waals surface area contributed by atoms with Crippen molar-refractivity contribution in [3.8, 4) is 6.07 Å². The monoisotopic (exact) mass is 168 g/mol. The number of nitriles is 1. The molecule has 0 aliphatic carbocycles. The van der Waals surface area contributed by atoms with Crippen LogP contribution in [0.15, 0.2) is 0 Å². The van der Waals surface area contributed by atoms with E-state index in [1.807, 2.05) is 6.92 Å². The maximum atomic E-state index is 9.00. The van der Waals surface area contributed by atoms with Gasteiger partial charge in [0.15, 0.2) is 0 Å². The van der Waals surface area contributed by atoms with Gasteiger partial charge in [-0.25, -0.2) is 0 Å². The Morgan fingerprint density at radius 1 is 1.67 bits per heavy atom. The van der Waals surface area contributed by atoms with E-state index in [2.05, 4.69) is 17.9 Å². The number of hydrogen-bond acceptors (Lipinski definition) is 3. The van der Waals surface area contributed by atoms with Gasteiger partial charge in [0.1, 0.15) is 0 Å². The van der Waals surface area contributed by atoms with Crippen LogP contribution in [0.3, 0.4) is 0 Å². The first-order chi connectivity index (χ1) is 5.69. The lowest BCUT2D eigenvalue weighted by Crippen LogP contribution is -2.30. The van der Waals surface area contributed by atoms with Crippen LogP contribution in [0.1, 0.15) is 13.8 Å². The van der Waals surface area contributed by atoms with Gasteiger partial charge in [0.25, 0.3) is 0 Å². The van der Waals surface area contributed by atoms with Crippen molar-refractivity contribution in [3.05, 3.63) is 0 Å². The summed E-state index contributed by atoms with van der Waals surface area (Å²) >= 11 is 0. The molecule has 0 radical (unpaired) electrons. The van der Waals surface area contributed by atoms with E-state index < -0.39 is 0 Å². The SMILES string of the molecule is CC(C#N)N1C[C@@H](CO)[C@H](C)C1. The van der Waals surface area contributed by atoms with E-state index in [1.165, 1.54) is 0 Å². The van der Waals surface area contributed by atoms with Crippen molar-refractivity contribution in [1.82, 2.24) is 4.90 Å². The molecular formula is C9H16N2O. The van der Waals surface area contributed by atoms with E-state index in [-0.39, 0.29) is 12.6 Å². The Labute approximate surface area is 73.6 Å². The van der Waals surface area contributed by atoms with E-state index >= 15 is 0 Å². The van der Waals surface area contributed by atoms with Crippen LogP contribution in [0.2, 0.25) is 0 Å². The molecule has 0 bridgehead atoms. The molecule has 12 heavy (non-hydrogen) atoms. The molecular weight excluding hydrogens is 152 g/mol. The summed E-state index contributed by atoms with van der Waals surface area (Å²) in [4.78, 5) is 2.13. The quantitative estimate of drug-likeness (QED) is 0.651. The minimum Gasteiger partial charge on any atom is -0.396 e. The maximum Gasteiger partial charge on any atom is 0.0949 e. The van der Waals surface area contributed by atoms with Crippen molar-refractivity contribution >= 4 is 0 Å². The smallest absolute Gasteiger partial charge is 0.0949 e. The maximum absolute atomic E-state index is 9.00. The average molecular weight is 168 g/mol. The minimum absolute atomic E-state index is 0.0102. The fraction of sp³-hybridized carbons (Fsp3) is 0.889. The zero-order chi connectivity index (χ0) is 9.14. The van der Waals surface area contributed by atoms with E-state index in [1.54, 1.807) is 0 Å². The Morgan fingerprint density at radius 2 is 2.33 bits per heavy atom. The first-order valence-corrected chi connectivity index (χ1v) is 4.43. The van der Waals surface area contributed by atoms with Gasteiger partial charge in [0, 0.05) is 19.7 Å². The number of nitrogens with zero attached hydrogens (tertiary/aromatic N) is 2. The Bertz CT molecular complexity index is 187. The van der Waals surface area contributed by atoms with Crippen molar-refractivity contribution in [2.75, 3.05) is 19.7 Å². The van der Waals surface area contributed by atoms with E-state index in [9.17, 15) is 0 Å². The number of rotatable bonds is 2. The van der Waals surface area contributed by atoms with Gasteiger partial charge < -0.3 is 5.11 Å². The van der Waals surface area contributed by atoms with Crippen molar-refractivity contribution < 1.29 is 5.11 Å². The molecule has 1 unspecified atom stereocenters. The van der Waals surface area contributed by atoms with Gasteiger partial charge in [0.2, 0.25) is 0 Å². The summed E-state index contributed by atoms with van der Waals surface area (Å²) in [6, 6.07) is 2.21. The van der Waals surface area contributed by atoms with Crippen LogP contribution < -0.4 is 0 Å². The third-order valence-corrected chi connectivity index (χ3v) is 2.77. The second-order valence-corrected chi connectivity index (χ2v) is 3.68. The lowest BCUT2D eigenvalue weighted by Gasteiger charge is -2.17. The van der Waals surface area contributed by atoms with E-state index in [4.69, 9.17) is 10.4 Å². The highest BCUT2D eigenvalue weighted by Gasteiger charge is 2.31. The van der Waals surface area contributed by atoms with E-state index in [0.717, 1.165) is 13.1 Å². The van der Waals surface area contributed by atoms with Crippen LogP contribution in [0.25, 0.3) is 0 Å². The van der Waals surface area contributed by atoms with Crippen LogP contribution in [0.4, 0.5) is 0 Å². The summed E-state index contributed by atoms with van der Waals surface area (Å²) in [7, 11) is 0. The predicted molar refractivity (Wildman–Crippen MR) is 46.4 cm³/mol. The number of aliphatic hydroxyl groups excluding tert-OH is 1. The zero-order valence-corrected chi connectivity index (χ0v) is 7.70. The first kappa shape index (κ1) is 9.50. The molecule has 0 spiro atoms. The third-order valence-electron chi connectivity index (χ3n) is 2.77. The van der Waals surface area contributed by atoms with Crippen LogP contribution >= 0.6 is 0 Å². The molecule has 1 heterocycles. The molecule has 1 fully saturated rings. The topological polar surface area (TPSA) is 47.3 Å². The second-order valence-electron chi connectivity index (χ2n) is 3.68. The number of likely N-dealkylation sites (tertiary alicyclic amines) is 1. The molecule has 1 rings (SSSR count). The van der Waals surface area contributed by atoms with Crippen molar-refractivity contribution in [2.45, 2.75) is 19.9 Å². The van der Waals surface area contributed by atoms with Gasteiger partial charge in [-0.3, -0.25) is 4.90 Å². The molecule has 3 atom stereocenters. The molecule has 0 aromatic carbocycles. The molecule has 68 valence electrons. The molecule has 3 heteroatoms. The third kappa shape index (κ3) is 1.77. The summed E-state index contributed by atoms with van der Waals surface area (Å²) in [5.74, 6) is 0.881. The number of hydrogen-bond donors (Lipinski definition) is 1.